The quantitative estimate of drug-likeness (QED) is 0.286. The molecule has 2 aliphatic rings. The molecule has 2 atom stereocenters. The van der Waals surface area contributed by atoms with Gasteiger partial charge in [0.05, 0.1) is 6.07 Å². The number of rotatable bonds is 11. The Balaban J connectivity index is 1.50. The zero-order valence-corrected chi connectivity index (χ0v) is 22.6. The van der Waals surface area contributed by atoms with Crippen molar-refractivity contribution < 1.29 is 19.1 Å². The van der Waals surface area contributed by atoms with Gasteiger partial charge < -0.3 is 15.4 Å². The smallest absolute Gasteiger partial charge is 0.417 e. The fourth-order valence-electron chi connectivity index (χ4n) is 3.83. The lowest BCUT2D eigenvalue weighted by Crippen LogP contribution is -2.48. The average molecular weight is 536 g/mol. The number of hydrogen-bond acceptors (Lipinski definition) is 6. The average Bonchev–Trinajstić information content (AvgIpc) is 3.65. The number of hydrogen-bond donors (Lipinski definition) is 3. The summed E-state index contributed by atoms with van der Waals surface area (Å²) in [4.78, 5) is 37.4. The number of benzene rings is 1. The summed E-state index contributed by atoms with van der Waals surface area (Å²) in [6, 6.07) is 10.0. The van der Waals surface area contributed by atoms with E-state index in [-0.39, 0.29) is 18.0 Å². The Hall–Kier alpha value is -2.22. The SMILES string of the molecule is CC(C)(COC(=O)NS[C@@H](CC1CC1)C(=O)N[C@H](C#N)C[Si]1CCCNC1=O)c1cccc(Cl)c1. The van der Waals surface area contributed by atoms with Crippen molar-refractivity contribution in [3.63, 3.8) is 0 Å². The van der Waals surface area contributed by atoms with E-state index in [4.69, 9.17) is 16.3 Å². The molecular formula is C24H32ClN4O4SSi. The number of halogens is 1. The first-order valence-corrected chi connectivity index (χ1v) is 15.0. The second-order valence-electron chi connectivity index (χ2n) is 9.72. The molecule has 35 heavy (non-hydrogen) atoms. The monoisotopic (exact) mass is 535 g/mol. The molecule has 1 heterocycles. The summed E-state index contributed by atoms with van der Waals surface area (Å²) in [6.45, 7) is 4.73. The summed E-state index contributed by atoms with van der Waals surface area (Å²) >= 11 is 7.10. The third-order valence-electron chi connectivity index (χ3n) is 6.18. The van der Waals surface area contributed by atoms with Crippen LogP contribution in [0.25, 0.3) is 0 Å². The van der Waals surface area contributed by atoms with Crippen LogP contribution in [0.1, 0.15) is 45.1 Å². The summed E-state index contributed by atoms with van der Waals surface area (Å²) in [5.74, 6) is 0.140. The molecule has 0 aromatic heterocycles. The van der Waals surface area contributed by atoms with Gasteiger partial charge in [0.1, 0.15) is 17.9 Å². The third kappa shape index (κ3) is 8.74. The molecule has 1 aromatic carbocycles. The van der Waals surface area contributed by atoms with Gasteiger partial charge in [-0.3, -0.25) is 14.3 Å². The molecule has 8 nitrogen and oxygen atoms in total. The van der Waals surface area contributed by atoms with Gasteiger partial charge in [0.2, 0.25) is 5.91 Å². The molecule has 0 spiro atoms. The first-order chi connectivity index (χ1) is 16.7. The first-order valence-electron chi connectivity index (χ1n) is 11.9. The van der Waals surface area contributed by atoms with Gasteiger partial charge in [-0.25, -0.2) is 4.79 Å². The minimum Gasteiger partial charge on any atom is -0.448 e. The van der Waals surface area contributed by atoms with Crippen molar-refractivity contribution in [2.75, 3.05) is 13.2 Å². The molecule has 1 radical (unpaired) electrons. The van der Waals surface area contributed by atoms with E-state index in [2.05, 4.69) is 21.4 Å². The predicted molar refractivity (Wildman–Crippen MR) is 139 cm³/mol. The Morgan fingerprint density at radius 1 is 1.40 bits per heavy atom. The van der Waals surface area contributed by atoms with Crippen LogP contribution in [0, 0.1) is 17.2 Å². The van der Waals surface area contributed by atoms with Crippen LogP contribution in [-0.2, 0) is 14.9 Å². The van der Waals surface area contributed by atoms with E-state index in [0.29, 0.717) is 30.0 Å². The minimum absolute atomic E-state index is 0.0322. The summed E-state index contributed by atoms with van der Waals surface area (Å²) in [7, 11) is -1.38. The Bertz CT molecular complexity index is 969. The Morgan fingerprint density at radius 3 is 2.83 bits per heavy atom. The van der Waals surface area contributed by atoms with E-state index in [0.717, 1.165) is 42.8 Å². The van der Waals surface area contributed by atoms with Crippen molar-refractivity contribution in [2.45, 2.75) is 68.3 Å². The maximum absolute atomic E-state index is 13.0. The number of nitrogens with one attached hydrogen (secondary N) is 3. The maximum Gasteiger partial charge on any atom is 0.417 e. The van der Waals surface area contributed by atoms with Gasteiger partial charge >= 0.3 is 6.09 Å². The van der Waals surface area contributed by atoms with Crippen LogP contribution in [0.5, 0.6) is 0 Å². The zero-order chi connectivity index (χ0) is 25.4. The molecule has 0 unspecified atom stereocenters. The van der Waals surface area contributed by atoms with E-state index in [1.54, 1.807) is 6.07 Å². The van der Waals surface area contributed by atoms with Crippen LogP contribution in [0.2, 0.25) is 17.1 Å². The van der Waals surface area contributed by atoms with E-state index >= 15 is 0 Å². The maximum atomic E-state index is 13.0. The molecule has 1 aromatic rings. The molecule has 3 N–H and O–H groups in total. The second kappa shape index (κ2) is 12.7. The molecule has 1 saturated heterocycles. The van der Waals surface area contributed by atoms with Gasteiger partial charge in [-0.05, 0) is 60.5 Å². The molecule has 189 valence electrons. The van der Waals surface area contributed by atoms with Gasteiger partial charge in [-0.15, -0.1) is 0 Å². The normalized spacial score (nSPS) is 18.1. The fraction of sp³-hybridized carbons (Fsp3) is 0.583. The second-order valence-corrected chi connectivity index (χ2v) is 13.7. The highest BCUT2D eigenvalue weighted by atomic mass is 35.5. The van der Waals surface area contributed by atoms with Crippen molar-refractivity contribution in [3.05, 3.63) is 34.9 Å². The molecule has 0 bridgehead atoms. The summed E-state index contributed by atoms with van der Waals surface area (Å²) in [5, 5.41) is 15.3. The van der Waals surface area contributed by atoms with Gasteiger partial charge in [0.15, 0.2) is 14.3 Å². The van der Waals surface area contributed by atoms with E-state index < -0.39 is 31.6 Å². The van der Waals surface area contributed by atoms with Crippen LogP contribution in [0.15, 0.2) is 24.3 Å². The molecule has 11 heteroatoms. The highest BCUT2D eigenvalue weighted by Crippen LogP contribution is 2.36. The largest absolute Gasteiger partial charge is 0.448 e. The lowest BCUT2D eigenvalue weighted by molar-refractivity contribution is -0.121. The number of nitriles is 1. The van der Waals surface area contributed by atoms with Crippen molar-refractivity contribution in [2.24, 2.45) is 5.92 Å². The Kier molecular flexibility index (Phi) is 9.89. The van der Waals surface area contributed by atoms with Crippen LogP contribution in [0.4, 0.5) is 9.59 Å². The van der Waals surface area contributed by atoms with E-state index in [1.807, 2.05) is 32.0 Å². The topological polar surface area (TPSA) is 120 Å². The molecule has 1 aliphatic carbocycles. The van der Waals surface area contributed by atoms with Crippen molar-refractivity contribution in [3.8, 4) is 6.07 Å². The van der Waals surface area contributed by atoms with E-state index in [9.17, 15) is 19.6 Å². The van der Waals surface area contributed by atoms with Crippen LogP contribution in [0.3, 0.4) is 0 Å². The molecule has 3 amide bonds. The molecular weight excluding hydrogens is 504 g/mol. The number of ether oxygens (including phenoxy) is 1. The zero-order valence-electron chi connectivity index (χ0n) is 20.1. The van der Waals surface area contributed by atoms with Gasteiger partial charge in [0.25, 0.3) is 0 Å². The summed E-state index contributed by atoms with van der Waals surface area (Å²) < 4.78 is 8.07. The first kappa shape index (κ1) is 27.4. The van der Waals surface area contributed by atoms with Crippen molar-refractivity contribution in [1.29, 1.82) is 5.26 Å². The summed E-state index contributed by atoms with van der Waals surface area (Å²) in [5.41, 5.74) is 0.546. The number of nitrogens with zero attached hydrogens (tertiary/aromatic N) is 1. The van der Waals surface area contributed by atoms with Crippen LogP contribution in [-0.4, -0.2) is 50.8 Å². The van der Waals surface area contributed by atoms with Crippen LogP contribution >= 0.6 is 23.5 Å². The number of amides is 3. The van der Waals surface area contributed by atoms with Crippen molar-refractivity contribution in [1.82, 2.24) is 15.4 Å². The van der Waals surface area contributed by atoms with Crippen LogP contribution < -0.4 is 15.4 Å². The standard InChI is InChI=1S/C24H32ClN4O4SSi/c1-24(2,17-5-3-6-18(25)12-17)15-33-22(31)29-34-20(11-16-7-8-16)21(30)28-19(13-26)14-35-10-4-9-27-23(35)32/h3,5-6,12,16,19-20H,4,7-11,14-15H2,1-2H3,(H,27,32)(H,28,30)(H,29,31)/t19-,20+/m1/s1. The fourth-order valence-corrected chi connectivity index (χ4v) is 7.14. The Labute approximate surface area is 217 Å². The lowest BCUT2D eigenvalue weighted by Gasteiger charge is -2.25. The van der Waals surface area contributed by atoms with Crippen molar-refractivity contribution >= 4 is 49.9 Å². The minimum atomic E-state index is -1.38. The predicted octanol–water partition coefficient (Wildman–Crippen LogP) is 4.36. The van der Waals surface area contributed by atoms with Gasteiger partial charge in [-0.1, -0.05) is 50.4 Å². The summed E-state index contributed by atoms with van der Waals surface area (Å²) in [6.07, 6.45) is 3.00. The molecule has 3 rings (SSSR count). The lowest BCUT2D eigenvalue weighted by atomic mass is 9.86. The molecule has 2 fully saturated rings. The van der Waals surface area contributed by atoms with Gasteiger partial charge in [0, 0.05) is 17.0 Å². The molecule has 1 saturated carbocycles. The third-order valence-corrected chi connectivity index (χ3v) is 10.1. The number of carbonyl (C=O) groups is 3. The Morgan fingerprint density at radius 2 is 2.17 bits per heavy atom. The number of carbonyl (C=O) groups excluding carboxylic acids is 3. The highest BCUT2D eigenvalue weighted by Gasteiger charge is 2.33. The van der Waals surface area contributed by atoms with E-state index in [1.165, 1.54) is 0 Å². The highest BCUT2D eigenvalue weighted by molar-refractivity contribution is 7.99. The molecule has 1 aliphatic heterocycles. The van der Waals surface area contributed by atoms with Gasteiger partial charge in [-0.2, -0.15) is 5.26 Å².